The zero-order chi connectivity index (χ0) is 14.5. The van der Waals surface area contributed by atoms with Crippen molar-refractivity contribution in [2.24, 2.45) is 23.2 Å². The van der Waals surface area contributed by atoms with Crippen LogP contribution in [0.25, 0.3) is 0 Å². The van der Waals surface area contributed by atoms with Gasteiger partial charge in [-0.25, -0.2) is 0 Å². The van der Waals surface area contributed by atoms with Gasteiger partial charge in [0, 0.05) is 18.5 Å². The molecular formula is C16H32OS2. The smallest absolute Gasteiger partial charge is 0.0497 e. The predicted molar refractivity (Wildman–Crippen MR) is 90.8 cm³/mol. The van der Waals surface area contributed by atoms with Crippen LogP contribution in [0.5, 0.6) is 0 Å². The first-order chi connectivity index (χ1) is 8.86. The molecule has 0 aromatic heterocycles. The van der Waals surface area contributed by atoms with E-state index in [0.717, 1.165) is 36.2 Å². The fourth-order valence-electron chi connectivity index (χ4n) is 3.11. The second-order valence-corrected chi connectivity index (χ2v) is 9.82. The van der Waals surface area contributed by atoms with E-state index in [2.05, 4.69) is 51.7 Å². The molecule has 19 heavy (non-hydrogen) atoms. The van der Waals surface area contributed by atoms with Crippen molar-refractivity contribution in [2.45, 2.75) is 59.1 Å². The highest BCUT2D eigenvalue weighted by molar-refractivity contribution is 8.76. The lowest BCUT2D eigenvalue weighted by Crippen LogP contribution is -2.29. The summed E-state index contributed by atoms with van der Waals surface area (Å²) in [7, 11) is 3.99. The maximum Gasteiger partial charge on any atom is 0.0497 e. The lowest BCUT2D eigenvalue weighted by molar-refractivity contribution is 0.170. The minimum absolute atomic E-state index is 0.396. The summed E-state index contributed by atoms with van der Waals surface area (Å²) in [5.74, 6) is 2.43. The minimum Gasteiger partial charge on any atom is -0.381 e. The number of hydrogen-bond donors (Lipinski definition) is 0. The maximum absolute atomic E-state index is 5.52. The van der Waals surface area contributed by atoms with Crippen molar-refractivity contribution in [2.75, 3.05) is 19.5 Å². The van der Waals surface area contributed by atoms with E-state index in [1.807, 2.05) is 10.8 Å². The Hall–Kier alpha value is 0.660. The van der Waals surface area contributed by atoms with Crippen LogP contribution >= 0.6 is 21.6 Å². The molecule has 0 amide bonds. The molecule has 0 spiro atoms. The van der Waals surface area contributed by atoms with Crippen molar-refractivity contribution in [3.05, 3.63) is 0 Å². The lowest BCUT2D eigenvalue weighted by atomic mass is 9.80. The van der Waals surface area contributed by atoms with Crippen molar-refractivity contribution in [1.29, 1.82) is 0 Å². The zero-order valence-electron chi connectivity index (χ0n) is 13.6. The van der Waals surface area contributed by atoms with E-state index in [-0.39, 0.29) is 0 Å². The Balaban J connectivity index is 2.40. The first kappa shape index (κ1) is 17.7. The van der Waals surface area contributed by atoms with Gasteiger partial charge in [0.1, 0.15) is 0 Å². The molecule has 0 bridgehead atoms. The van der Waals surface area contributed by atoms with E-state index in [0.29, 0.717) is 5.41 Å². The fourth-order valence-corrected chi connectivity index (χ4v) is 5.99. The van der Waals surface area contributed by atoms with E-state index in [9.17, 15) is 0 Å². The molecule has 0 radical (unpaired) electrons. The van der Waals surface area contributed by atoms with E-state index in [1.54, 1.807) is 0 Å². The third kappa shape index (κ3) is 5.89. The van der Waals surface area contributed by atoms with E-state index in [4.69, 9.17) is 4.74 Å². The summed E-state index contributed by atoms with van der Waals surface area (Å²) in [6, 6.07) is 0. The Morgan fingerprint density at radius 2 is 1.89 bits per heavy atom. The topological polar surface area (TPSA) is 9.23 Å². The van der Waals surface area contributed by atoms with Gasteiger partial charge in [0.15, 0.2) is 0 Å². The second kappa shape index (κ2) is 8.19. The van der Waals surface area contributed by atoms with Gasteiger partial charge < -0.3 is 4.74 Å². The normalized spacial score (nSPS) is 25.3. The average molecular weight is 305 g/mol. The molecule has 1 nitrogen and oxygen atoms in total. The third-order valence-corrected chi connectivity index (χ3v) is 7.19. The van der Waals surface area contributed by atoms with E-state index >= 15 is 0 Å². The molecule has 1 saturated heterocycles. The van der Waals surface area contributed by atoms with Gasteiger partial charge in [0.2, 0.25) is 0 Å². The van der Waals surface area contributed by atoms with Crippen molar-refractivity contribution in [3.8, 4) is 0 Å². The molecule has 1 rings (SSSR count). The standard InChI is InChI=1S/C16H32OS2/c1-12(14-9-10-17-11-14)7-8-13(2)15(19-18-6)16(3,4)5/h12-15H,7-11H2,1-6H3/t12-,13?,14?,15+/m0/s1. The van der Waals surface area contributed by atoms with Gasteiger partial charge >= 0.3 is 0 Å². The van der Waals surface area contributed by atoms with Crippen LogP contribution in [-0.2, 0) is 4.74 Å². The first-order valence-corrected chi connectivity index (χ1v) is 10.3. The molecular weight excluding hydrogens is 272 g/mol. The van der Waals surface area contributed by atoms with Crippen LogP contribution < -0.4 is 0 Å². The van der Waals surface area contributed by atoms with Crippen molar-refractivity contribution in [1.82, 2.24) is 0 Å². The molecule has 0 aromatic rings. The highest BCUT2D eigenvalue weighted by Gasteiger charge is 2.31. The van der Waals surface area contributed by atoms with Crippen LogP contribution in [0.3, 0.4) is 0 Å². The van der Waals surface area contributed by atoms with Crippen molar-refractivity contribution < 1.29 is 4.74 Å². The van der Waals surface area contributed by atoms with Crippen LogP contribution in [-0.4, -0.2) is 24.7 Å². The Morgan fingerprint density at radius 1 is 1.21 bits per heavy atom. The number of ether oxygens (including phenoxy) is 1. The van der Waals surface area contributed by atoms with Gasteiger partial charge in [-0.2, -0.15) is 0 Å². The molecule has 1 aliphatic rings. The van der Waals surface area contributed by atoms with E-state index in [1.165, 1.54) is 19.3 Å². The molecule has 4 atom stereocenters. The van der Waals surface area contributed by atoms with Gasteiger partial charge in [-0.3, -0.25) is 0 Å². The molecule has 0 aliphatic carbocycles. The van der Waals surface area contributed by atoms with Gasteiger partial charge in [0.05, 0.1) is 0 Å². The summed E-state index contributed by atoms with van der Waals surface area (Å²) >= 11 is 0. The Bertz CT molecular complexity index is 244. The predicted octanol–water partition coefficient (Wildman–Crippen LogP) is 5.50. The SMILES string of the molecule is CSS[C@H](C(C)CC[C@H](C)C1CCOC1)C(C)(C)C. The van der Waals surface area contributed by atoms with Crippen molar-refractivity contribution in [3.63, 3.8) is 0 Å². The maximum atomic E-state index is 5.52. The van der Waals surface area contributed by atoms with Gasteiger partial charge in [-0.15, -0.1) is 0 Å². The van der Waals surface area contributed by atoms with Gasteiger partial charge in [-0.05, 0) is 42.3 Å². The molecule has 1 fully saturated rings. The molecule has 1 aliphatic heterocycles. The van der Waals surface area contributed by atoms with Crippen LogP contribution in [0.2, 0.25) is 0 Å². The highest BCUT2D eigenvalue weighted by atomic mass is 33.1. The second-order valence-electron chi connectivity index (χ2n) is 7.21. The molecule has 0 saturated carbocycles. The lowest BCUT2D eigenvalue weighted by Gasteiger charge is -2.35. The monoisotopic (exact) mass is 304 g/mol. The van der Waals surface area contributed by atoms with Gasteiger partial charge in [0.25, 0.3) is 0 Å². The summed E-state index contributed by atoms with van der Waals surface area (Å²) in [5.41, 5.74) is 0.396. The summed E-state index contributed by atoms with van der Waals surface area (Å²) in [5, 5.41) is 0.745. The summed E-state index contributed by atoms with van der Waals surface area (Å²) in [6.07, 6.45) is 6.19. The molecule has 1 heterocycles. The van der Waals surface area contributed by atoms with Crippen molar-refractivity contribution >= 4 is 21.6 Å². The minimum atomic E-state index is 0.396. The van der Waals surface area contributed by atoms with Crippen LogP contribution in [0.1, 0.15) is 53.9 Å². The Labute approximate surface area is 128 Å². The van der Waals surface area contributed by atoms with Gasteiger partial charge in [-0.1, -0.05) is 62.6 Å². The zero-order valence-corrected chi connectivity index (χ0v) is 15.2. The molecule has 114 valence electrons. The highest BCUT2D eigenvalue weighted by Crippen LogP contribution is 2.42. The first-order valence-electron chi connectivity index (χ1n) is 7.63. The van der Waals surface area contributed by atoms with Crippen LogP contribution in [0.15, 0.2) is 0 Å². The molecule has 2 unspecified atom stereocenters. The summed E-state index contributed by atoms with van der Waals surface area (Å²) in [6.45, 7) is 14.0. The quantitative estimate of drug-likeness (QED) is 0.575. The van der Waals surface area contributed by atoms with Crippen LogP contribution in [0, 0.1) is 23.2 Å². The summed E-state index contributed by atoms with van der Waals surface area (Å²) in [4.78, 5) is 0. The molecule has 3 heteroatoms. The Morgan fingerprint density at radius 3 is 2.37 bits per heavy atom. The van der Waals surface area contributed by atoms with E-state index < -0.39 is 0 Å². The van der Waals surface area contributed by atoms with Crippen LogP contribution in [0.4, 0.5) is 0 Å². The molecule has 0 N–H and O–H groups in total. The largest absolute Gasteiger partial charge is 0.381 e. The molecule has 0 aromatic carbocycles. The third-order valence-electron chi connectivity index (χ3n) is 4.42. The average Bonchev–Trinajstić information content (AvgIpc) is 2.84. The number of hydrogen-bond acceptors (Lipinski definition) is 3. The Kier molecular flexibility index (Phi) is 7.63. The fraction of sp³-hybridized carbons (Fsp3) is 1.00. The number of rotatable bonds is 7. The summed E-state index contributed by atoms with van der Waals surface area (Å²) < 4.78 is 5.52.